The van der Waals surface area contributed by atoms with Crippen LogP contribution in [0.1, 0.15) is 44.7 Å². The van der Waals surface area contributed by atoms with Crippen LogP contribution >= 0.6 is 0 Å². The molecule has 3 unspecified atom stereocenters. The Balaban J connectivity index is 1.47. The van der Waals surface area contributed by atoms with E-state index < -0.39 is 29.5 Å². The summed E-state index contributed by atoms with van der Waals surface area (Å²) in [7, 11) is 0. The van der Waals surface area contributed by atoms with Crippen LogP contribution in [0, 0.1) is 5.41 Å². The Morgan fingerprint density at radius 2 is 1.98 bits per heavy atom. The first-order chi connectivity index (χ1) is 20.2. The lowest BCUT2D eigenvalue weighted by Crippen LogP contribution is -2.57. The molecule has 0 radical (unpaired) electrons. The Hall–Kier alpha value is -3.79. The van der Waals surface area contributed by atoms with Crippen molar-refractivity contribution in [3.63, 3.8) is 0 Å². The highest BCUT2D eigenvalue weighted by Crippen LogP contribution is 2.29. The van der Waals surface area contributed by atoms with Crippen LogP contribution in [0.3, 0.4) is 0 Å². The van der Waals surface area contributed by atoms with Crippen LogP contribution < -0.4 is 11.1 Å². The topological polar surface area (TPSA) is 131 Å². The predicted octanol–water partition coefficient (Wildman–Crippen LogP) is 3.87. The smallest absolute Gasteiger partial charge is 0.248 e. The second kappa shape index (κ2) is 14.4. The van der Waals surface area contributed by atoms with Crippen LogP contribution in [0.5, 0.6) is 0 Å². The molecule has 1 fully saturated rings. The van der Waals surface area contributed by atoms with Crippen LogP contribution in [0.4, 0.5) is 0 Å². The first kappa shape index (κ1) is 31.2. The van der Waals surface area contributed by atoms with Crippen molar-refractivity contribution in [3.05, 3.63) is 90.3 Å². The van der Waals surface area contributed by atoms with E-state index in [-0.39, 0.29) is 18.6 Å². The molecule has 4 rings (SSSR count). The fourth-order valence-corrected chi connectivity index (χ4v) is 5.17. The summed E-state index contributed by atoms with van der Waals surface area (Å²) >= 11 is 0. The predicted molar refractivity (Wildman–Crippen MR) is 161 cm³/mol. The molecule has 4 N–H and O–H groups in total. The van der Waals surface area contributed by atoms with Crippen molar-refractivity contribution >= 4 is 11.8 Å². The minimum absolute atomic E-state index is 0.0647. The van der Waals surface area contributed by atoms with Gasteiger partial charge in [0.2, 0.25) is 17.7 Å². The minimum atomic E-state index is -0.886. The minimum Gasteiger partial charge on any atom is -0.445 e. The fraction of sp³-hybridized carbons (Fsp3) is 0.424. The number of oxazole rings is 1. The van der Waals surface area contributed by atoms with Gasteiger partial charge in [0.05, 0.1) is 37.6 Å². The summed E-state index contributed by atoms with van der Waals surface area (Å²) in [5.74, 6) is -0.0680. The molecule has 3 aromatic rings. The molecule has 2 amide bonds. The van der Waals surface area contributed by atoms with Gasteiger partial charge >= 0.3 is 0 Å². The number of carbonyl (C=O) groups excluding carboxylic acids is 2. The number of nitrogens with one attached hydrogen (secondary N) is 1. The molecule has 5 atom stereocenters. The molecule has 1 aromatic heterocycles. The van der Waals surface area contributed by atoms with E-state index >= 15 is 0 Å². The number of rotatable bonds is 13. The molecule has 2 heterocycles. The number of likely N-dealkylation sites (tertiary alicyclic amines) is 1. The maximum Gasteiger partial charge on any atom is 0.248 e. The van der Waals surface area contributed by atoms with Gasteiger partial charge < -0.3 is 30.2 Å². The molecule has 0 bridgehead atoms. The summed E-state index contributed by atoms with van der Waals surface area (Å²) in [4.78, 5) is 32.5. The zero-order chi connectivity index (χ0) is 30.1. The highest BCUT2D eigenvalue weighted by Gasteiger charge is 2.37. The van der Waals surface area contributed by atoms with E-state index in [1.165, 1.54) is 0 Å². The quantitative estimate of drug-likeness (QED) is 0.264. The summed E-state index contributed by atoms with van der Waals surface area (Å²) in [5, 5.41) is 13.2. The van der Waals surface area contributed by atoms with Gasteiger partial charge in [-0.1, -0.05) is 61.5 Å². The average molecular weight is 575 g/mol. The molecule has 1 aliphatic rings. The van der Waals surface area contributed by atoms with Crippen molar-refractivity contribution in [2.24, 2.45) is 11.1 Å². The van der Waals surface area contributed by atoms with Crippen molar-refractivity contribution in [1.82, 2.24) is 15.2 Å². The lowest BCUT2D eigenvalue weighted by Gasteiger charge is -2.32. The Kier molecular flexibility index (Phi) is 10.7. The number of hydrogen-bond donors (Lipinski definition) is 3. The van der Waals surface area contributed by atoms with E-state index in [9.17, 15) is 14.7 Å². The molecule has 9 heteroatoms. The SMILES string of the molecule is CC(OCc1ccccc1)C(NC(=O)[C@H](C)N)C(=O)N1CCCC1/C=C/[C@](C)(CO)Cc1cccc(-c2ncco2)c1. The van der Waals surface area contributed by atoms with Gasteiger partial charge in [0.25, 0.3) is 0 Å². The van der Waals surface area contributed by atoms with Gasteiger partial charge in [-0.3, -0.25) is 9.59 Å². The van der Waals surface area contributed by atoms with Crippen molar-refractivity contribution in [2.45, 2.75) is 70.9 Å². The van der Waals surface area contributed by atoms with E-state index in [2.05, 4.69) is 10.3 Å². The van der Waals surface area contributed by atoms with Crippen molar-refractivity contribution in [1.29, 1.82) is 0 Å². The number of aromatic nitrogens is 1. The highest BCUT2D eigenvalue weighted by molar-refractivity contribution is 5.90. The van der Waals surface area contributed by atoms with Gasteiger partial charge in [-0.15, -0.1) is 0 Å². The van der Waals surface area contributed by atoms with Crippen LogP contribution in [-0.4, -0.2) is 64.2 Å². The first-order valence-corrected chi connectivity index (χ1v) is 14.5. The summed E-state index contributed by atoms with van der Waals surface area (Å²) < 4.78 is 11.5. The molecule has 0 spiro atoms. The first-order valence-electron chi connectivity index (χ1n) is 14.5. The summed E-state index contributed by atoms with van der Waals surface area (Å²) in [6.07, 6.45) is 8.81. The van der Waals surface area contributed by atoms with Crippen LogP contribution in [0.2, 0.25) is 0 Å². The van der Waals surface area contributed by atoms with E-state index in [1.807, 2.05) is 73.7 Å². The summed E-state index contributed by atoms with van der Waals surface area (Å²) in [6, 6.07) is 15.8. The number of ether oxygens (including phenoxy) is 1. The lowest BCUT2D eigenvalue weighted by atomic mass is 9.83. The van der Waals surface area contributed by atoms with Gasteiger partial charge in [-0.25, -0.2) is 4.98 Å². The molecule has 9 nitrogen and oxygen atoms in total. The van der Waals surface area contributed by atoms with Gasteiger partial charge in [-0.05, 0) is 56.4 Å². The zero-order valence-electron chi connectivity index (χ0n) is 24.6. The molecular weight excluding hydrogens is 532 g/mol. The summed E-state index contributed by atoms with van der Waals surface area (Å²) in [6.45, 7) is 6.19. The molecule has 0 saturated carbocycles. The Labute approximate surface area is 247 Å². The van der Waals surface area contributed by atoms with Gasteiger partial charge in [0, 0.05) is 17.5 Å². The fourth-order valence-electron chi connectivity index (χ4n) is 5.17. The van der Waals surface area contributed by atoms with Crippen molar-refractivity contribution in [2.75, 3.05) is 13.2 Å². The number of benzene rings is 2. The number of aliphatic hydroxyl groups excluding tert-OH is 1. The van der Waals surface area contributed by atoms with E-state index in [1.54, 1.807) is 31.2 Å². The van der Waals surface area contributed by atoms with Gasteiger partial charge in [0.1, 0.15) is 12.3 Å². The van der Waals surface area contributed by atoms with Crippen LogP contribution in [0.25, 0.3) is 11.5 Å². The Bertz CT molecular complexity index is 1330. The third-order valence-electron chi connectivity index (χ3n) is 7.68. The number of nitrogens with two attached hydrogens (primary N) is 1. The van der Waals surface area contributed by atoms with Crippen molar-refractivity contribution < 1.29 is 23.8 Å². The number of nitrogens with zero attached hydrogens (tertiary/aromatic N) is 2. The average Bonchev–Trinajstić information content (AvgIpc) is 3.71. The highest BCUT2D eigenvalue weighted by atomic mass is 16.5. The third kappa shape index (κ3) is 8.15. The molecule has 2 aromatic carbocycles. The second-order valence-corrected chi connectivity index (χ2v) is 11.4. The second-order valence-electron chi connectivity index (χ2n) is 11.4. The number of carbonyl (C=O) groups is 2. The maximum absolute atomic E-state index is 13.9. The molecule has 224 valence electrons. The number of aliphatic hydroxyl groups is 1. The molecule has 0 aliphatic carbocycles. The van der Waals surface area contributed by atoms with Gasteiger partial charge in [-0.2, -0.15) is 0 Å². The number of hydrogen-bond acceptors (Lipinski definition) is 7. The Morgan fingerprint density at radius 1 is 1.21 bits per heavy atom. The van der Waals surface area contributed by atoms with E-state index in [4.69, 9.17) is 14.9 Å². The molecular formula is C33H42N4O5. The Morgan fingerprint density at radius 3 is 2.67 bits per heavy atom. The monoisotopic (exact) mass is 574 g/mol. The van der Waals surface area contributed by atoms with E-state index in [0.717, 1.165) is 29.5 Å². The standard InChI is InChI=1S/C33H42N4O5/c1-23(34)30(39)36-29(24(2)42-21-25-9-5-4-6-10-25)32(40)37-17-8-13-28(37)14-15-33(3,22-38)20-26-11-7-12-27(19-26)31-35-16-18-41-31/h4-7,9-12,14-16,18-19,23-24,28-29,38H,8,13,17,20-22,34H2,1-3H3,(H,36,39)/b15-14+/t23-,24?,28?,29?,33-/m0/s1. The maximum atomic E-state index is 13.9. The van der Waals surface area contributed by atoms with Crippen LogP contribution in [-0.2, 0) is 27.4 Å². The van der Waals surface area contributed by atoms with Crippen molar-refractivity contribution in [3.8, 4) is 11.5 Å². The van der Waals surface area contributed by atoms with E-state index in [0.29, 0.717) is 25.5 Å². The lowest BCUT2D eigenvalue weighted by molar-refractivity contribution is -0.141. The zero-order valence-corrected chi connectivity index (χ0v) is 24.6. The van der Waals surface area contributed by atoms with Crippen LogP contribution in [0.15, 0.2) is 83.6 Å². The molecule has 1 saturated heterocycles. The number of amides is 2. The normalized spacial score (nSPS) is 18.9. The molecule has 1 aliphatic heterocycles. The largest absolute Gasteiger partial charge is 0.445 e. The van der Waals surface area contributed by atoms with Gasteiger partial charge in [0.15, 0.2) is 0 Å². The third-order valence-corrected chi connectivity index (χ3v) is 7.68. The summed E-state index contributed by atoms with van der Waals surface area (Å²) in [5.41, 5.74) is 8.15. The molecule has 42 heavy (non-hydrogen) atoms.